The van der Waals surface area contributed by atoms with Gasteiger partial charge in [-0.05, 0) is 31.0 Å². The lowest BCUT2D eigenvalue weighted by Crippen LogP contribution is -2.54. The molecule has 1 aliphatic heterocycles. The maximum absolute atomic E-state index is 12.5. The fourth-order valence-electron chi connectivity index (χ4n) is 2.66. The van der Waals surface area contributed by atoms with Crippen LogP contribution in [0.1, 0.15) is 31.4 Å². The first-order valence-electron chi connectivity index (χ1n) is 7.03. The molecule has 0 bridgehead atoms. The minimum atomic E-state index is -4.26. The van der Waals surface area contributed by atoms with E-state index >= 15 is 0 Å². The lowest BCUT2D eigenvalue weighted by Gasteiger charge is -2.39. The van der Waals surface area contributed by atoms with Crippen LogP contribution in [0, 0.1) is 0 Å². The Bertz CT molecular complexity index is 434. The summed E-state index contributed by atoms with van der Waals surface area (Å²) < 4.78 is 37.6. The Morgan fingerprint density at radius 1 is 1.24 bits per heavy atom. The summed E-state index contributed by atoms with van der Waals surface area (Å²) in [5.74, 6) is 0. The molecule has 1 aromatic rings. The molecule has 0 aromatic heterocycles. The molecule has 6 heteroatoms. The quantitative estimate of drug-likeness (QED) is 0.913. The van der Waals surface area contributed by atoms with Crippen LogP contribution in [0.5, 0.6) is 0 Å². The highest BCUT2D eigenvalue weighted by Crippen LogP contribution is 2.29. The predicted molar refractivity (Wildman–Crippen MR) is 80.6 cm³/mol. The minimum absolute atomic E-state index is 0. The zero-order valence-corrected chi connectivity index (χ0v) is 13.1. The van der Waals surface area contributed by atoms with E-state index in [2.05, 4.69) is 24.1 Å². The molecule has 1 aliphatic rings. The second kappa shape index (κ2) is 7.47. The molecule has 1 fully saturated rings. The largest absolute Gasteiger partial charge is 0.416 e. The third-order valence-electron chi connectivity index (χ3n) is 3.86. The summed E-state index contributed by atoms with van der Waals surface area (Å²) >= 11 is 0. The lowest BCUT2D eigenvalue weighted by molar-refractivity contribution is -0.137. The van der Waals surface area contributed by atoms with Gasteiger partial charge < -0.3 is 5.32 Å². The smallest absolute Gasteiger partial charge is 0.311 e. The van der Waals surface area contributed by atoms with Gasteiger partial charge in [0.25, 0.3) is 0 Å². The Morgan fingerprint density at radius 3 is 2.38 bits per heavy atom. The predicted octanol–water partition coefficient (Wildman–Crippen LogP) is 3.70. The van der Waals surface area contributed by atoms with Crippen molar-refractivity contribution in [2.24, 2.45) is 0 Å². The van der Waals surface area contributed by atoms with E-state index in [1.165, 1.54) is 12.1 Å². The summed E-state index contributed by atoms with van der Waals surface area (Å²) in [6.07, 6.45) is -3.21. The standard InChI is InChI=1S/C15H21F3N2.ClH/c1-3-14-8-19-11(2)9-20(14)10-12-4-6-13(7-5-12)15(16,17)18;/h4-7,11,14,19H,3,8-10H2,1-2H3;1H/t11-,14+;/m0./s1. The van der Waals surface area contributed by atoms with Crippen molar-refractivity contribution in [2.45, 2.75) is 45.1 Å². The number of nitrogens with zero attached hydrogens (tertiary/aromatic N) is 1. The molecular weight excluding hydrogens is 301 g/mol. The average molecular weight is 323 g/mol. The first-order valence-corrected chi connectivity index (χ1v) is 7.03. The van der Waals surface area contributed by atoms with Gasteiger partial charge in [0, 0.05) is 31.7 Å². The van der Waals surface area contributed by atoms with Crippen molar-refractivity contribution in [1.29, 1.82) is 0 Å². The summed E-state index contributed by atoms with van der Waals surface area (Å²) in [6.45, 7) is 6.86. The molecule has 0 radical (unpaired) electrons. The van der Waals surface area contributed by atoms with Crippen LogP contribution in [0.15, 0.2) is 24.3 Å². The third-order valence-corrected chi connectivity index (χ3v) is 3.86. The number of hydrogen-bond donors (Lipinski definition) is 1. The zero-order chi connectivity index (χ0) is 14.8. The highest BCUT2D eigenvalue weighted by molar-refractivity contribution is 5.85. The van der Waals surface area contributed by atoms with Crippen molar-refractivity contribution < 1.29 is 13.2 Å². The molecule has 0 amide bonds. The molecule has 1 N–H and O–H groups in total. The van der Waals surface area contributed by atoms with E-state index in [4.69, 9.17) is 0 Å². The molecule has 2 atom stereocenters. The molecular formula is C15H22ClF3N2. The van der Waals surface area contributed by atoms with Crippen LogP contribution in [-0.4, -0.2) is 30.1 Å². The summed E-state index contributed by atoms with van der Waals surface area (Å²) in [4.78, 5) is 2.35. The first-order chi connectivity index (χ1) is 9.40. The highest BCUT2D eigenvalue weighted by atomic mass is 35.5. The summed E-state index contributed by atoms with van der Waals surface area (Å²) in [6, 6.07) is 6.38. The van der Waals surface area contributed by atoms with Crippen molar-refractivity contribution in [3.05, 3.63) is 35.4 Å². The van der Waals surface area contributed by atoms with Gasteiger partial charge in [-0.25, -0.2) is 0 Å². The molecule has 0 saturated carbocycles. The molecule has 120 valence electrons. The number of hydrogen-bond acceptors (Lipinski definition) is 2. The molecule has 2 nitrogen and oxygen atoms in total. The van der Waals surface area contributed by atoms with Gasteiger partial charge in [-0.1, -0.05) is 19.1 Å². The number of piperazine rings is 1. The first kappa shape index (κ1) is 18.3. The number of benzene rings is 1. The van der Waals surface area contributed by atoms with E-state index in [-0.39, 0.29) is 12.4 Å². The van der Waals surface area contributed by atoms with Gasteiger partial charge in [0.15, 0.2) is 0 Å². The highest BCUT2D eigenvalue weighted by Gasteiger charge is 2.30. The van der Waals surface area contributed by atoms with Crippen LogP contribution < -0.4 is 5.32 Å². The van der Waals surface area contributed by atoms with Crippen molar-refractivity contribution in [3.8, 4) is 0 Å². The maximum Gasteiger partial charge on any atom is 0.416 e. The second-order valence-corrected chi connectivity index (χ2v) is 5.50. The number of halogens is 4. The number of nitrogens with one attached hydrogen (secondary N) is 1. The van der Waals surface area contributed by atoms with Gasteiger partial charge in [0.2, 0.25) is 0 Å². The molecule has 1 aromatic carbocycles. The maximum atomic E-state index is 12.5. The average Bonchev–Trinajstić information content (AvgIpc) is 2.38. The molecule has 0 aliphatic carbocycles. The van der Waals surface area contributed by atoms with Crippen LogP contribution in [0.4, 0.5) is 13.2 Å². The van der Waals surface area contributed by atoms with E-state index in [1.807, 2.05) is 0 Å². The molecule has 21 heavy (non-hydrogen) atoms. The van der Waals surface area contributed by atoms with E-state index < -0.39 is 11.7 Å². The van der Waals surface area contributed by atoms with E-state index in [9.17, 15) is 13.2 Å². The summed E-state index contributed by atoms with van der Waals surface area (Å²) in [5.41, 5.74) is 0.354. The fraction of sp³-hybridized carbons (Fsp3) is 0.600. The fourth-order valence-corrected chi connectivity index (χ4v) is 2.66. The topological polar surface area (TPSA) is 15.3 Å². The Balaban J connectivity index is 0.00000220. The number of rotatable bonds is 3. The van der Waals surface area contributed by atoms with E-state index in [0.29, 0.717) is 18.6 Å². The summed E-state index contributed by atoms with van der Waals surface area (Å²) in [7, 11) is 0. The molecule has 0 unspecified atom stereocenters. The van der Waals surface area contributed by atoms with Crippen LogP contribution in [0.2, 0.25) is 0 Å². The van der Waals surface area contributed by atoms with Gasteiger partial charge in [-0.15, -0.1) is 12.4 Å². The van der Waals surface area contributed by atoms with Crippen molar-refractivity contribution in [1.82, 2.24) is 10.2 Å². The Labute approximate surface area is 130 Å². The van der Waals surface area contributed by atoms with Gasteiger partial charge in [0.1, 0.15) is 0 Å². The van der Waals surface area contributed by atoms with Gasteiger partial charge in [-0.2, -0.15) is 13.2 Å². The van der Waals surface area contributed by atoms with Crippen molar-refractivity contribution in [2.75, 3.05) is 13.1 Å². The monoisotopic (exact) mass is 322 g/mol. The zero-order valence-electron chi connectivity index (χ0n) is 12.3. The van der Waals surface area contributed by atoms with Gasteiger partial charge in [0.05, 0.1) is 5.56 Å². The number of alkyl halides is 3. The normalized spacial score (nSPS) is 23.7. The molecule has 0 spiro atoms. The Hall–Kier alpha value is -0.780. The van der Waals surface area contributed by atoms with Gasteiger partial charge in [-0.3, -0.25) is 4.90 Å². The Kier molecular flexibility index (Phi) is 6.50. The third kappa shape index (κ3) is 4.87. The second-order valence-electron chi connectivity index (χ2n) is 5.50. The van der Waals surface area contributed by atoms with E-state index in [1.54, 1.807) is 12.1 Å². The van der Waals surface area contributed by atoms with Crippen LogP contribution in [0.3, 0.4) is 0 Å². The van der Waals surface area contributed by atoms with Crippen LogP contribution >= 0.6 is 12.4 Å². The Morgan fingerprint density at radius 2 is 1.86 bits per heavy atom. The van der Waals surface area contributed by atoms with Gasteiger partial charge >= 0.3 is 6.18 Å². The van der Waals surface area contributed by atoms with Crippen LogP contribution in [-0.2, 0) is 12.7 Å². The summed E-state index contributed by atoms with van der Waals surface area (Å²) in [5, 5.41) is 3.44. The molecule has 2 rings (SSSR count). The minimum Gasteiger partial charge on any atom is -0.311 e. The van der Waals surface area contributed by atoms with Crippen molar-refractivity contribution >= 4 is 12.4 Å². The molecule has 1 heterocycles. The lowest BCUT2D eigenvalue weighted by atomic mass is 10.1. The SMILES string of the molecule is CC[C@@H]1CN[C@@H](C)CN1Cc1ccc(C(F)(F)F)cc1.Cl. The van der Waals surface area contributed by atoms with Crippen molar-refractivity contribution in [3.63, 3.8) is 0 Å². The van der Waals surface area contributed by atoms with Crippen LogP contribution in [0.25, 0.3) is 0 Å². The van der Waals surface area contributed by atoms with E-state index in [0.717, 1.165) is 25.1 Å². The molecule has 1 saturated heterocycles.